The van der Waals surface area contributed by atoms with E-state index >= 15 is 0 Å². The van der Waals surface area contributed by atoms with E-state index in [-0.39, 0.29) is 6.03 Å². The second-order valence-electron chi connectivity index (χ2n) is 5.52. The number of hydrogen-bond donors (Lipinski definition) is 1. The molecule has 1 aliphatic heterocycles. The maximum absolute atomic E-state index is 12.2. The van der Waals surface area contributed by atoms with E-state index in [1.54, 1.807) is 4.90 Å². The van der Waals surface area contributed by atoms with Crippen LogP contribution >= 0.6 is 0 Å². The van der Waals surface area contributed by atoms with E-state index in [2.05, 4.69) is 5.32 Å². The molecule has 1 heterocycles. The van der Waals surface area contributed by atoms with Crippen molar-refractivity contribution < 1.29 is 13.2 Å². The summed E-state index contributed by atoms with van der Waals surface area (Å²) in [7, 11) is 0.730. The lowest BCUT2D eigenvalue weighted by molar-refractivity contribution is 0.184. The molecule has 1 aromatic carbocycles. The molecule has 1 saturated heterocycles. The van der Waals surface area contributed by atoms with Crippen LogP contribution in [0.3, 0.4) is 0 Å². The van der Waals surface area contributed by atoms with Crippen LogP contribution in [0.4, 0.5) is 16.2 Å². The van der Waals surface area contributed by atoms with Gasteiger partial charge < -0.3 is 15.1 Å². The van der Waals surface area contributed by atoms with Crippen LogP contribution in [0, 0.1) is 0 Å². The van der Waals surface area contributed by atoms with Gasteiger partial charge in [-0.2, -0.15) is 4.31 Å². The molecule has 2 amide bonds. The van der Waals surface area contributed by atoms with Crippen LogP contribution in [0.5, 0.6) is 0 Å². The Balaban J connectivity index is 1.91. The number of urea groups is 1. The number of sulfonamides is 1. The number of carbonyl (C=O) groups excluding carboxylic acids is 1. The molecule has 22 heavy (non-hydrogen) atoms. The van der Waals surface area contributed by atoms with E-state index in [4.69, 9.17) is 0 Å². The van der Waals surface area contributed by atoms with Gasteiger partial charge in [0.1, 0.15) is 0 Å². The Kier molecular flexibility index (Phi) is 4.92. The molecule has 2 rings (SSSR count). The fourth-order valence-corrected chi connectivity index (χ4v) is 3.09. The average molecular weight is 326 g/mol. The fourth-order valence-electron chi connectivity index (χ4n) is 2.27. The largest absolute Gasteiger partial charge is 0.378 e. The summed E-state index contributed by atoms with van der Waals surface area (Å²) >= 11 is 0. The summed E-state index contributed by atoms with van der Waals surface area (Å²) in [5.74, 6) is 0. The predicted molar refractivity (Wildman–Crippen MR) is 87.8 cm³/mol. The van der Waals surface area contributed by atoms with E-state index in [0.717, 1.165) is 11.4 Å². The van der Waals surface area contributed by atoms with Gasteiger partial charge in [0.2, 0.25) is 10.0 Å². The third-order valence-electron chi connectivity index (χ3n) is 3.63. The normalized spacial score (nSPS) is 16.4. The van der Waals surface area contributed by atoms with Crippen LogP contribution in [0.2, 0.25) is 0 Å². The van der Waals surface area contributed by atoms with Crippen LogP contribution in [0.15, 0.2) is 24.3 Å². The number of nitrogens with zero attached hydrogens (tertiary/aromatic N) is 3. The summed E-state index contributed by atoms with van der Waals surface area (Å²) in [6.45, 7) is 1.47. The van der Waals surface area contributed by atoms with E-state index in [9.17, 15) is 13.2 Å². The van der Waals surface area contributed by atoms with Crippen LogP contribution < -0.4 is 10.2 Å². The molecule has 0 saturated carbocycles. The van der Waals surface area contributed by atoms with Crippen molar-refractivity contribution in [3.63, 3.8) is 0 Å². The Morgan fingerprint density at radius 2 is 1.64 bits per heavy atom. The Morgan fingerprint density at radius 3 is 2.09 bits per heavy atom. The van der Waals surface area contributed by atoms with Crippen LogP contribution in [0.1, 0.15) is 0 Å². The smallest absolute Gasteiger partial charge is 0.321 e. The topological polar surface area (TPSA) is 73.0 Å². The van der Waals surface area contributed by atoms with Gasteiger partial charge in [0.15, 0.2) is 0 Å². The third-order valence-corrected chi connectivity index (χ3v) is 4.93. The fraction of sp³-hybridized carbons (Fsp3) is 0.500. The monoisotopic (exact) mass is 326 g/mol. The summed E-state index contributed by atoms with van der Waals surface area (Å²) in [5.41, 5.74) is 1.78. The van der Waals surface area contributed by atoms with Crippen molar-refractivity contribution in [2.45, 2.75) is 0 Å². The van der Waals surface area contributed by atoms with Crippen LogP contribution in [-0.4, -0.2) is 70.2 Å². The van der Waals surface area contributed by atoms with E-state index in [1.165, 1.54) is 10.6 Å². The number of hydrogen-bond acceptors (Lipinski definition) is 4. The second kappa shape index (κ2) is 6.53. The zero-order valence-corrected chi connectivity index (χ0v) is 13.9. The molecule has 1 N–H and O–H groups in total. The number of benzene rings is 1. The highest BCUT2D eigenvalue weighted by Gasteiger charge is 2.25. The first-order chi connectivity index (χ1) is 10.3. The number of piperazine rings is 1. The number of nitrogens with one attached hydrogen (secondary N) is 1. The highest BCUT2D eigenvalue weighted by atomic mass is 32.2. The molecule has 0 atom stereocenters. The highest BCUT2D eigenvalue weighted by molar-refractivity contribution is 7.88. The SMILES string of the molecule is CN(C)c1ccc(NC(=O)N2CCN(S(C)(=O)=O)CC2)cc1. The number of rotatable bonds is 3. The van der Waals surface area contributed by atoms with Crippen molar-refractivity contribution in [1.82, 2.24) is 9.21 Å². The minimum absolute atomic E-state index is 0.203. The number of carbonyl (C=O) groups is 1. The zero-order valence-electron chi connectivity index (χ0n) is 13.1. The number of anilines is 2. The summed E-state index contributed by atoms with van der Waals surface area (Å²) in [5, 5.41) is 2.83. The van der Waals surface area contributed by atoms with Gasteiger partial charge in [-0.15, -0.1) is 0 Å². The minimum Gasteiger partial charge on any atom is -0.378 e. The van der Waals surface area contributed by atoms with Gasteiger partial charge in [-0.05, 0) is 24.3 Å². The average Bonchev–Trinajstić information content (AvgIpc) is 2.47. The summed E-state index contributed by atoms with van der Waals surface area (Å²) in [4.78, 5) is 15.8. The Morgan fingerprint density at radius 1 is 1.09 bits per heavy atom. The first-order valence-corrected chi connectivity index (χ1v) is 8.90. The molecule has 0 aliphatic carbocycles. The van der Waals surface area contributed by atoms with Gasteiger partial charge in [0.05, 0.1) is 6.26 Å². The summed E-state index contributed by atoms with van der Waals surface area (Å²) < 4.78 is 24.3. The van der Waals surface area contributed by atoms with Gasteiger partial charge in [-0.25, -0.2) is 13.2 Å². The summed E-state index contributed by atoms with van der Waals surface area (Å²) in [6.07, 6.45) is 1.19. The Hall–Kier alpha value is -1.80. The Bertz CT molecular complexity index is 620. The molecule has 0 spiro atoms. The van der Waals surface area contributed by atoms with E-state index < -0.39 is 10.0 Å². The van der Waals surface area contributed by atoms with Crippen LogP contribution in [0.25, 0.3) is 0 Å². The van der Waals surface area contributed by atoms with Crippen molar-refractivity contribution in [3.05, 3.63) is 24.3 Å². The van der Waals surface area contributed by atoms with Crippen molar-refractivity contribution in [2.24, 2.45) is 0 Å². The molecule has 0 radical (unpaired) electrons. The maximum Gasteiger partial charge on any atom is 0.321 e. The second-order valence-corrected chi connectivity index (χ2v) is 7.50. The van der Waals surface area contributed by atoms with Crippen molar-refractivity contribution in [3.8, 4) is 0 Å². The Labute approximate surface area is 131 Å². The molecule has 0 aromatic heterocycles. The van der Waals surface area contributed by atoms with Gasteiger partial charge in [-0.1, -0.05) is 0 Å². The van der Waals surface area contributed by atoms with E-state index in [1.807, 2.05) is 43.3 Å². The molecule has 122 valence electrons. The molecule has 7 nitrogen and oxygen atoms in total. The van der Waals surface area contributed by atoms with E-state index in [0.29, 0.717) is 26.2 Å². The first kappa shape index (κ1) is 16.6. The van der Waals surface area contributed by atoms with Crippen molar-refractivity contribution >= 4 is 27.4 Å². The van der Waals surface area contributed by atoms with Crippen LogP contribution in [-0.2, 0) is 10.0 Å². The molecule has 8 heteroatoms. The molecule has 1 aromatic rings. The molecular formula is C14H22N4O3S. The molecule has 0 bridgehead atoms. The molecular weight excluding hydrogens is 304 g/mol. The van der Waals surface area contributed by atoms with Gasteiger partial charge in [0, 0.05) is 51.6 Å². The number of amides is 2. The molecule has 0 unspecified atom stereocenters. The lowest BCUT2D eigenvalue weighted by atomic mass is 10.2. The third kappa shape index (κ3) is 4.11. The molecule has 1 fully saturated rings. The summed E-state index contributed by atoms with van der Waals surface area (Å²) in [6, 6.07) is 7.35. The minimum atomic E-state index is -3.18. The highest BCUT2D eigenvalue weighted by Crippen LogP contribution is 2.16. The lowest BCUT2D eigenvalue weighted by Gasteiger charge is -2.33. The van der Waals surface area contributed by atoms with Crippen molar-refractivity contribution in [1.29, 1.82) is 0 Å². The zero-order chi connectivity index (χ0) is 16.3. The van der Waals surface area contributed by atoms with Crippen molar-refractivity contribution in [2.75, 3.05) is 56.7 Å². The van der Waals surface area contributed by atoms with Gasteiger partial charge in [-0.3, -0.25) is 0 Å². The van der Waals surface area contributed by atoms with Gasteiger partial charge >= 0.3 is 6.03 Å². The standard InChI is InChI=1S/C14H22N4O3S/c1-16(2)13-6-4-12(5-7-13)15-14(19)17-8-10-18(11-9-17)22(3,20)21/h4-7H,8-11H2,1-3H3,(H,15,19). The first-order valence-electron chi connectivity index (χ1n) is 7.06. The quantitative estimate of drug-likeness (QED) is 0.894. The predicted octanol–water partition coefficient (Wildman–Crippen LogP) is 0.862. The maximum atomic E-state index is 12.2. The molecule has 1 aliphatic rings. The van der Waals surface area contributed by atoms with Gasteiger partial charge in [0.25, 0.3) is 0 Å². The lowest BCUT2D eigenvalue weighted by Crippen LogP contribution is -2.51.